The number of rotatable bonds is 6. The van der Waals surface area contributed by atoms with Gasteiger partial charge in [0, 0.05) is 18.7 Å². The topological polar surface area (TPSA) is 81.4 Å². The lowest BCUT2D eigenvalue weighted by molar-refractivity contribution is 0.407. The molecule has 0 heterocycles. The van der Waals surface area contributed by atoms with E-state index in [1.165, 1.54) is 6.07 Å². The SMILES string of the molecule is COc1ccccc1CNCc1cccc(S(N)(=O)=O)c1. The van der Waals surface area contributed by atoms with Crippen molar-refractivity contribution in [3.8, 4) is 5.75 Å². The van der Waals surface area contributed by atoms with E-state index in [1.54, 1.807) is 19.2 Å². The van der Waals surface area contributed by atoms with Gasteiger partial charge in [0.25, 0.3) is 0 Å². The normalized spacial score (nSPS) is 11.3. The maximum absolute atomic E-state index is 11.3. The molecule has 3 N–H and O–H groups in total. The molecule has 0 atom stereocenters. The molecule has 21 heavy (non-hydrogen) atoms. The van der Waals surface area contributed by atoms with E-state index in [-0.39, 0.29) is 4.90 Å². The third-order valence-electron chi connectivity index (χ3n) is 3.06. The van der Waals surface area contributed by atoms with Crippen molar-refractivity contribution in [2.75, 3.05) is 7.11 Å². The van der Waals surface area contributed by atoms with Gasteiger partial charge in [-0.1, -0.05) is 30.3 Å². The molecule has 0 aromatic heterocycles. The van der Waals surface area contributed by atoms with Gasteiger partial charge in [-0.25, -0.2) is 13.6 Å². The highest BCUT2D eigenvalue weighted by molar-refractivity contribution is 7.89. The molecule has 0 amide bonds. The second kappa shape index (κ2) is 6.71. The van der Waals surface area contributed by atoms with E-state index in [1.807, 2.05) is 30.3 Å². The van der Waals surface area contributed by atoms with Crippen LogP contribution in [0.4, 0.5) is 0 Å². The van der Waals surface area contributed by atoms with Gasteiger partial charge >= 0.3 is 0 Å². The molecule has 0 unspecified atom stereocenters. The number of nitrogens with two attached hydrogens (primary N) is 1. The average Bonchev–Trinajstić information content (AvgIpc) is 2.47. The minimum atomic E-state index is -3.66. The molecule has 2 aromatic carbocycles. The minimum Gasteiger partial charge on any atom is -0.496 e. The van der Waals surface area contributed by atoms with Crippen LogP contribution < -0.4 is 15.2 Å². The Bertz CT molecular complexity index is 714. The van der Waals surface area contributed by atoms with Gasteiger partial charge in [-0.2, -0.15) is 0 Å². The fourth-order valence-electron chi connectivity index (χ4n) is 2.02. The van der Waals surface area contributed by atoms with Gasteiger partial charge in [0.2, 0.25) is 10.0 Å². The largest absolute Gasteiger partial charge is 0.496 e. The van der Waals surface area contributed by atoms with Crippen LogP contribution in [-0.2, 0) is 23.1 Å². The van der Waals surface area contributed by atoms with Crippen LogP contribution in [0.1, 0.15) is 11.1 Å². The molecule has 0 aliphatic carbocycles. The number of hydrogen-bond donors (Lipinski definition) is 2. The lowest BCUT2D eigenvalue weighted by atomic mass is 10.2. The zero-order chi connectivity index (χ0) is 15.3. The monoisotopic (exact) mass is 306 g/mol. The number of nitrogens with one attached hydrogen (secondary N) is 1. The molecule has 0 aliphatic rings. The second-order valence-electron chi connectivity index (χ2n) is 4.61. The first kappa shape index (κ1) is 15.5. The average molecular weight is 306 g/mol. The second-order valence-corrected chi connectivity index (χ2v) is 6.17. The van der Waals surface area contributed by atoms with E-state index in [9.17, 15) is 8.42 Å². The summed E-state index contributed by atoms with van der Waals surface area (Å²) in [6, 6.07) is 14.3. The van der Waals surface area contributed by atoms with E-state index in [4.69, 9.17) is 9.88 Å². The number of hydrogen-bond acceptors (Lipinski definition) is 4. The van der Waals surface area contributed by atoms with Crippen molar-refractivity contribution in [2.45, 2.75) is 18.0 Å². The van der Waals surface area contributed by atoms with Crippen LogP contribution in [0, 0.1) is 0 Å². The molecule has 0 spiro atoms. The predicted molar refractivity (Wildman–Crippen MR) is 81.4 cm³/mol. The summed E-state index contributed by atoms with van der Waals surface area (Å²) in [4.78, 5) is 0.124. The van der Waals surface area contributed by atoms with Crippen molar-refractivity contribution in [3.05, 3.63) is 59.7 Å². The molecular formula is C15H18N2O3S. The Labute approximate surface area is 124 Å². The number of primary sulfonamides is 1. The van der Waals surface area contributed by atoms with Crippen LogP contribution in [0.25, 0.3) is 0 Å². The fraction of sp³-hybridized carbons (Fsp3) is 0.200. The Morgan fingerprint density at radius 2 is 1.86 bits per heavy atom. The van der Waals surface area contributed by atoms with Crippen molar-refractivity contribution in [2.24, 2.45) is 5.14 Å². The standard InChI is InChI=1S/C15H18N2O3S/c1-20-15-8-3-2-6-13(15)11-17-10-12-5-4-7-14(9-12)21(16,18)19/h2-9,17H,10-11H2,1H3,(H2,16,18,19). The van der Waals surface area contributed by atoms with Gasteiger partial charge in [0.15, 0.2) is 0 Å². The van der Waals surface area contributed by atoms with Gasteiger partial charge < -0.3 is 10.1 Å². The van der Waals surface area contributed by atoms with Crippen molar-refractivity contribution in [3.63, 3.8) is 0 Å². The summed E-state index contributed by atoms with van der Waals surface area (Å²) < 4.78 is 27.9. The third-order valence-corrected chi connectivity index (χ3v) is 3.98. The number of sulfonamides is 1. The molecule has 0 aliphatic heterocycles. The molecule has 6 heteroatoms. The number of methoxy groups -OCH3 is 1. The number of ether oxygens (including phenoxy) is 1. The molecule has 5 nitrogen and oxygen atoms in total. The smallest absolute Gasteiger partial charge is 0.238 e. The zero-order valence-corrected chi connectivity index (χ0v) is 12.6. The van der Waals surface area contributed by atoms with Gasteiger partial charge in [-0.3, -0.25) is 0 Å². The highest BCUT2D eigenvalue weighted by Gasteiger charge is 2.08. The van der Waals surface area contributed by atoms with E-state index < -0.39 is 10.0 Å². The lowest BCUT2D eigenvalue weighted by Gasteiger charge is -2.10. The molecular weight excluding hydrogens is 288 g/mol. The van der Waals surface area contributed by atoms with E-state index in [2.05, 4.69) is 5.32 Å². The van der Waals surface area contributed by atoms with Crippen LogP contribution in [0.5, 0.6) is 5.75 Å². The van der Waals surface area contributed by atoms with Crippen molar-refractivity contribution >= 4 is 10.0 Å². The molecule has 2 aromatic rings. The quantitative estimate of drug-likeness (QED) is 0.850. The fourth-order valence-corrected chi connectivity index (χ4v) is 2.61. The molecule has 0 saturated heterocycles. The summed E-state index contributed by atoms with van der Waals surface area (Å²) >= 11 is 0. The molecule has 0 radical (unpaired) electrons. The summed E-state index contributed by atoms with van der Waals surface area (Å²) in [5, 5.41) is 8.37. The van der Waals surface area contributed by atoms with Gasteiger partial charge in [-0.15, -0.1) is 0 Å². The van der Waals surface area contributed by atoms with Crippen molar-refractivity contribution in [1.29, 1.82) is 0 Å². The summed E-state index contributed by atoms with van der Waals surface area (Å²) in [5.74, 6) is 0.822. The summed E-state index contributed by atoms with van der Waals surface area (Å²) in [6.45, 7) is 1.17. The zero-order valence-electron chi connectivity index (χ0n) is 11.7. The molecule has 112 valence electrons. The van der Waals surface area contributed by atoms with Crippen LogP contribution in [0.15, 0.2) is 53.4 Å². The van der Waals surface area contributed by atoms with Gasteiger partial charge in [0.05, 0.1) is 12.0 Å². The Balaban J connectivity index is 2.01. The van der Waals surface area contributed by atoms with E-state index >= 15 is 0 Å². The Morgan fingerprint density at radius 3 is 2.57 bits per heavy atom. The number of para-hydroxylation sites is 1. The predicted octanol–water partition coefficient (Wildman–Crippen LogP) is 1.63. The van der Waals surface area contributed by atoms with Crippen LogP contribution in [-0.4, -0.2) is 15.5 Å². The highest BCUT2D eigenvalue weighted by Crippen LogP contribution is 2.17. The molecule has 2 rings (SSSR count). The first-order valence-corrected chi connectivity index (χ1v) is 7.99. The summed E-state index contributed by atoms with van der Waals surface area (Å²) in [5.41, 5.74) is 1.90. The first-order valence-electron chi connectivity index (χ1n) is 6.45. The molecule has 0 fully saturated rings. The van der Waals surface area contributed by atoms with Gasteiger partial charge in [0.1, 0.15) is 5.75 Å². The minimum absolute atomic E-state index is 0.124. The molecule has 0 bridgehead atoms. The Morgan fingerprint density at radius 1 is 1.10 bits per heavy atom. The van der Waals surface area contributed by atoms with Crippen LogP contribution >= 0.6 is 0 Å². The Kier molecular flexibility index (Phi) is 4.95. The third kappa shape index (κ3) is 4.29. The summed E-state index contributed by atoms with van der Waals surface area (Å²) in [7, 11) is -2.03. The van der Waals surface area contributed by atoms with Crippen molar-refractivity contribution < 1.29 is 13.2 Å². The maximum atomic E-state index is 11.3. The van der Waals surface area contributed by atoms with Crippen LogP contribution in [0.3, 0.4) is 0 Å². The number of benzene rings is 2. The van der Waals surface area contributed by atoms with Gasteiger partial charge in [-0.05, 0) is 23.8 Å². The maximum Gasteiger partial charge on any atom is 0.238 e. The Hall–Kier alpha value is -1.89. The van der Waals surface area contributed by atoms with Crippen LogP contribution in [0.2, 0.25) is 0 Å². The molecule has 0 saturated carbocycles. The lowest BCUT2D eigenvalue weighted by Crippen LogP contribution is -2.15. The highest BCUT2D eigenvalue weighted by atomic mass is 32.2. The van der Waals surface area contributed by atoms with E-state index in [0.717, 1.165) is 16.9 Å². The van der Waals surface area contributed by atoms with E-state index in [0.29, 0.717) is 13.1 Å². The first-order chi connectivity index (χ1) is 10.0. The summed E-state index contributed by atoms with van der Waals surface area (Å²) in [6.07, 6.45) is 0. The van der Waals surface area contributed by atoms with Crippen molar-refractivity contribution in [1.82, 2.24) is 5.32 Å².